The van der Waals surface area contributed by atoms with Gasteiger partial charge in [-0.15, -0.1) is 0 Å². The minimum atomic E-state index is -2.93. The van der Waals surface area contributed by atoms with Crippen molar-refractivity contribution >= 4 is 0 Å². The van der Waals surface area contributed by atoms with E-state index in [9.17, 15) is 8.78 Å². The number of ether oxygens (including phenoxy) is 3. The van der Waals surface area contributed by atoms with Crippen LogP contribution >= 0.6 is 0 Å². The Morgan fingerprint density at radius 2 is 1.97 bits per heavy atom. The summed E-state index contributed by atoms with van der Waals surface area (Å²) in [4.78, 5) is 6.65. The molecule has 0 radical (unpaired) electrons. The lowest BCUT2D eigenvalue weighted by Crippen LogP contribution is -2.23. The average molecular weight is 431 g/mol. The molecule has 0 aliphatic carbocycles. The van der Waals surface area contributed by atoms with Crippen molar-refractivity contribution in [3.05, 3.63) is 53.9 Å². The summed E-state index contributed by atoms with van der Waals surface area (Å²) >= 11 is 0. The van der Waals surface area contributed by atoms with Crippen molar-refractivity contribution in [3.63, 3.8) is 0 Å². The van der Waals surface area contributed by atoms with Crippen LogP contribution in [0.3, 0.4) is 0 Å². The number of alkyl halides is 2. The molecule has 9 heteroatoms. The molecule has 0 amide bonds. The van der Waals surface area contributed by atoms with Gasteiger partial charge in [0.1, 0.15) is 17.2 Å². The maximum Gasteiger partial charge on any atom is 0.387 e. The van der Waals surface area contributed by atoms with E-state index >= 15 is 0 Å². The fourth-order valence-electron chi connectivity index (χ4n) is 3.91. The van der Waals surface area contributed by atoms with Gasteiger partial charge < -0.3 is 18.7 Å². The van der Waals surface area contributed by atoms with E-state index in [2.05, 4.69) is 19.8 Å². The lowest BCUT2D eigenvalue weighted by Gasteiger charge is -2.25. The van der Waals surface area contributed by atoms with E-state index < -0.39 is 6.61 Å². The molecular formula is C22H23F2N3O4. The molecule has 0 spiro atoms. The van der Waals surface area contributed by atoms with Crippen LogP contribution < -0.4 is 14.2 Å². The molecule has 0 bridgehead atoms. The van der Waals surface area contributed by atoms with E-state index in [1.54, 1.807) is 32.4 Å². The van der Waals surface area contributed by atoms with E-state index in [-0.39, 0.29) is 17.6 Å². The summed E-state index contributed by atoms with van der Waals surface area (Å²) in [6.45, 7) is -1.63. The zero-order valence-electron chi connectivity index (χ0n) is 17.3. The van der Waals surface area contributed by atoms with Crippen molar-refractivity contribution in [2.45, 2.75) is 32.0 Å². The van der Waals surface area contributed by atoms with Gasteiger partial charge in [-0.05, 0) is 37.6 Å². The van der Waals surface area contributed by atoms with Crippen LogP contribution in [0, 0.1) is 0 Å². The van der Waals surface area contributed by atoms with Gasteiger partial charge in [-0.2, -0.15) is 13.8 Å². The van der Waals surface area contributed by atoms with E-state index in [0.717, 1.165) is 36.4 Å². The summed E-state index contributed by atoms with van der Waals surface area (Å²) in [6.07, 6.45) is 1.99. The minimum absolute atomic E-state index is 0.00636. The first-order valence-corrected chi connectivity index (χ1v) is 9.92. The smallest absolute Gasteiger partial charge is 0.387 e. The van der Waals surface area contributed by atoms with Crippen LogP contribution in [0.4, 0.5) is 8.78 Å². The molecule has 2 aromatic carbocycles. The summed E-state index contributed by atoms with van der Waals surface area (Å²) < 4.78 is 46.2. The first-order chi connectivity index (χ1) is 15.1. The molecule has 3 aromatic rings. The predicted octanol–water partition coefficient (Wildman–Crippen LogP) is 4.69. The summed E-state index contributed by atoms with van der Waals surface area (Å²) in [5.74, 6) is 2.12. The van der Waals surface area contributed by atoms with Crippen molar-refractivity contribution < 1.29 is 27.5 Å². The monoisotopic (exact) mass is 431 g/mol. The molecule has 2 heterocycles. The number of halogens is 2. The number of nitrogens with zero attached hydrogens (tertiary/aromatic N) is 3. The molecule has 31 heavy (non-hydrogen) atoms. The number of hydrogen-bond donors (Lipinski definition) is 0. The van der Waals surface area contributed by atoms with E-state index in [4.69, 9.17) is 14.0 Å². The maximum atomic E-state index is 12.7. The van der Waals surface area contributed by atoms with Gasteiger partial charge in [-0.3, -0.25) is 4.90 Å². The Morgan fingerprint density at radius 3 is 2.74 bits per heavy atom. The van der Waals surface area contributed by atoms with Crippen molar-refractivity contribution in [1.29, 1.82) is 0 Å². The molecule has 1 aromatic heterocycles. The summed E-state index contributed by atoms with van der Waals surface area (Å²) in [5.41, 5.74) is 1.42. The Morgan fingerprint density at radius 1 is 1.13 bits per heavy atom. The number of rotatable bonds is 8. The molecule has 7 nitrogen and oxygen atoms in total. The van der Waals surface area contributed by atoms with Crippen LogP contribution in [-0.4, -0.2) is 42.4 Å². The largest absolute Gasteiger partial charge is 0.497 e. The predicted molar refractivity (Wildman–Crippen MR) is 108 cm³/mol. The number of methoxy groups -OCH3 is 2. The molecule has 164 valence electrons. The highest BCUT2D eigenvalue weighted by Crippen LogP contribution is 2.39. The highest BCUT2D eigenvalue weighted by molar-refractivity contribution is 5.63. The topological polar surface area (TPSA) is 69.9 Å². The van der Waals surface area contributed by atoms with E-state index in [0.29, 0.717) is 18.0 Å². The Balaban J connectivity index is 1.54. The first kappa shape index (κ1) is 21.0. The van der Waals surface area contributed by atoms with Gasteiger partial charge in [-0.1, -0.05) is 23.4 Å². The van der Waals surface area contributed by atoms with Gasteiger partial charge >= 0.3 is 6.61 Å². The second kappa shape index (κ2) is 9.30. The lowest BCUT2D eigenvalue weighted by molar-refractivity contribution is -0.0494. The van der Waals surface area contributed by atoms with Gasteiger partial charge in [0.15, 0.2) is 0 Å². The zero-order valence-corrected chi connectivity index (χ0v) is 17.3. The summed E-state index contributed by atoms with van der Waals surface area (Å²) in [5, 5.41) is 3.97. The van der Waals surface area contributed by atoms with Crippen LogP contribution in [0.5, 0.6) is 17.2 Å². The van der Waals surface area contributed by atoms with Crippen LogP contribution in [0.25, 0.3) is 11.4 Å². The molecular weight excluding hydrogens is 408 g/mol. The van der Waals surface area contributed by atoms with Crippen molar-refractivity contribution in [2.24, 2.45) is 0 Å². The standard InChI is InChI=1S/C22H23F2N3O4/c1-28-14-9-10-15(19(12-14)29-2)17-7-5-11-27(17)13-20-25-21(26-31-20)16-6-3-4-8-18(16)30-22(23)24/h3-4,6,8-10,12,17,22H,5,7,11,13H2,1-2H3. The molecule has 1 aliphatic heterocycles. The van der Waals surface area contributed by atoms with Crippen LogP contribution in [0.2, 0.25) is 0 Å². The molecule has 4 rings (SSSR count). The van der Waals surface area contributed by atoms with Crippen LogP contribution in [0.1, 0.15) is 30.3 Å². The first-order valence-electron chi connectivity index (χ1n) is 9.92. The zero-order chi connectivity index (χ0) is 21.8. The fourth-order valence-corrected chi connectivity index (χ4v) is 3.91. The van der Waals surface area contributed by atoms with Crippen molar-refractivity contribution in [1.82, 2.24) is 15.0 Å². The highest BCUT2D eigenvalue weighted by atomic mass is 19.3. The van der Waals surface area contributed by atoms with Crippen LogP contribution in [-0.2, 0) is 6.54 Å². The molecule has 1 saturated heterocycles. The van der Waals surface area contributed by atoms with E-state index in [1.807, 2.05) is 18.2 Å². The molecule has 1 unspecified atom stereocenters. The van der Waals surface area contributed by atoms with Gasteiger partial charge in [0.2, 0.25) is 11.7 Å². The number of aromatic nitrogens is 2. The van der Waals surface area contributed by atoms with Gasteiger partial charge in [-0.25, -0.2) is 0 Å². The Hall–Kier alpha value is -3.20. The minimum Gasteiger partial charge on any atom is -0.497 e. The van der Waals surface area contributed by atoms with Crippen molar-refractivity contribution in [2.75, 3.05) is 20.8 Å². The van der Waals surface area contributed by atoms with E-state index in [1.165, 1.54) is 6.07 Å². The molecule has 1 atom stereocenters. The maximum absolute atomic E-state index is 12.7. The van der Waals surface area contributed by atoms with Gasteiger partial charge in [0.05, 0.1) is 26.3 Å². The molecule has 1 aliphatic rings. The molecule has 1 fully saturated rings. The summed E-state index contributed by atoms with van der Waals surface area (Å²) in [6, 6.07) is 12.3. The van der Waals surface area contributed by atoms with Crippen molar-refractivity contribution in [3.8, 4) is 28.6 Å². The third kappa shape index (κ3) is 4.61. The highest BCUT2D eigenvalue weighted by Gasteiger charge is 2.30. The average Bonchev–Trinajstić information content (AvgIpc) is 3.43. The van der Waals surface area contributed by atoms with Gasteiger partial charge in [0, 0.05) is 17.7 Å². The molecule has 0 N–H and O–H groups in total. The third-order valence-corrected chi connectivity index (χ3v) is 5.31. The Labute approximate surface area is 178 Å². The Kier molecular flexibility index (Phi) is 6.31. The third-order valence-electron chi connectivity index (χ3n) is 5.31. The SMILES string of the molecule is COc1ccc(C2CCCN2Cc2nc(-c3ccccc3OC(F)F)no2)c(OC)c1. The van der Waals surface area contributed by atoms with Gasteiger partial charge in [0.25, 0.3) is 0 Å². The Bertz CT molecular complexity index is 1030. The number of benzene rings is 2. The quantitative estimate of drug-likeness (QED) is 0.512. The normalized spacial score (nSPS) is 16.6. The number of hydrogen-bond acceptors (Lipinski definition) is 7. The second-order valence-electron chi connectivity index (χ2n) is 7.12. The fraction of sp³-hybridized carbons (Fsp3) is 0.364. The van der Waals surface area contributed by atoms with Crippen LogP contribution in [0.15, 0.2) is 47.0 Å². The molecule has 0 saturated carbocycles. The number of para-hydroxylation sites is 1. The second-order valence-corrected chi connectivity index (χ2v) is 7.12. The lowest BCUT2D eigenvalue weighted by atomic mass is 10.0. The summed E-state index contributed by atoms with van der Waals surface area (Å²) in [7, 11) is 3.26. The number of likely N-dealkylation sites (tertiary alicyclic amines) is 1.